The van der Waals surface area contributed by atoms with E-state index in [4.69, 9.17) is 0 Å². The summed E-state index contributed by atoms with van der Waals surface area (Å²) in [4.78, 5) is 14.0. The molecule has 1 atom stereocenters. The number of rotatable bonds is 4. The van der Waals surface area contributed by atoms with Crippen LogP contribution in [0.4, 0.5) is 0 Å². The Labute approximate surface area is 89.6 Å². The van der Waals surface area contributed by atoms with Gasteiger partial charge in [-0.15, -0.1) is 0 Å². The first-order valence-corrected chi connectivity index (χ1v) is 6.52. The molecule has 0 spiro atoms. The normalized spacial score (nSPS) is 26.5. The molecule has 0 bridgehead atoms. The van der Waals surface area contributed by atoms with Crippen molar-refractivity contribution in [1.29, 1.82) is 0 Å². The lowest BCUT2D eigenvalue weighted by Gasteiger charge is -2.28. The number of carbonyl (C=O) groups is 1. The minimum absolute atomic E-state index is 0.294. The van der Waals surface area contributed by atoms with Crippen molar-refractivity contribution in [2.45, 2.75) is 31.3 Å². The van der Waals surface area contributed by atoms with Crippen molar-refractivity contribution in [3.8, 4) is 0 Å². The Bertz CT molecular complexity index is 212. The summed E-state index contributed by atoms with van der Waals surface area (Å²) >= 11 is 1.98. The lowest BCUT2D eigenvalue weighted by Crippen LogP contribution is -2.45. The molecule has 2 aliphatic rings. The van der Waals surface area contributed by atoms with E-state index in [-0.39, 0.29) is 0 Å². The van der Waals surface area contributed by atoms with Gasteiger partial charge in [0.1, 0.15) is 0 Å². The van der Waals surface area contributed by atoms with Crippen LogP contribution >= 0.6 is 11.8 Å². The Hall–Kier alpha value is -0.220. The van der Waals surface area contributed by atoms with Gasteiger partial charge in [-0.25, -0.2) is 0 Å². The molecule has 2 rings (SSSR count). The summed E-state index contributed by atoms with van der Waals surface area (Å²) in [5.74, 6) is 2.66. The van der Waals surface area contributed by atoms with Crippen LogP contribution in [0.2, 0.25) is 0 Å². The Kier molecular flexibility index (Phi) is 3.34. The second-order valence-electron chi connectivity index (χ2n) is 4.08. The third kappa shape index (κ3) is 2.23. The fraction of sp³-hybridized carbons (Fsp3) is 0.900. The van der Waals surface area contributed by atoms with Crippen LogP contribution in [0.1, 0.15) is 19.3 Å². The summed E-state index contributed by atoms with van der Waals surface area (Å²) in [6.07, 6.45) is 3.63. The van der Waals surface area contributed by atoms with Gasteiger partial charge in [-0.05, 0) is 32.1 Å². The number of thioether (sulfide) groups is 1. The zero-order valence-electron chi connectivity index (χ0n) is 8.66. The molecule has 80 valence electrons. The zero-order chi connectivity index (χ0) is 9.97. The highest BCUT2D eigenvalue weighted by Gasteiger charge is 2.37. The van der Waals surface area contributed by atoms with Crippen LogP contribution in [0.25, 0.3) is 0 Å². The van der Waals surface area contributed by atoms with Crippen molar-refractivity contribution in [1.82, 2.24) is 10.2 Å². The molecule has 0 aromatic rings. The van der Waals surface area contributed by atoms with Crippen LogP contribution in [-0.2, 0) is 4.79 Å². The zero-order valence-corrected chi connectivity index (χ0v) is 9.48. The van der Waals surface area contributed by atoms with Gasteiger partial charge in [-0.1, -0.05) is 0 Å². The molecule has 1 aliphatic carbocycles. The highest BCUT2D eigenvalue weighted by Crippen LogP contribution is 2.33. The lowest BCUT2D eigenvalue weighted by atomic mass is 10.2. The van der Waals surface area contributed by atoms with Crippen LogP contribution < -0.4 is 5.32 Å². The number of hydrogen-bond acceptors (Lipinski definition) is 3. The SMILES string of the molecule is CNCC(=O)N(C1CC1)[C@@H]1CCSC1. The van der Waals surface area contributed by atoms with E-state index in [1.54, 1.807) is 0 Å². The van der Waals surface area contributed by atoms with E-state index in [0.29, 0.717) is 24.5 Å². The number of nitrogens with zero attached hydrogens (tertiary/aromatic N) is 1. The maximum atomic E-state index is 11.9. The van der Waals surface area contributed by atoms with E-state index in [0.717, 1.165) is 5.75 Å². The summed E-state index contributed by atoms with van der Waals surface area (Å²) in [5.41, 5.74) is 0. The Morgan fingerprint density at radius 1 is 1.43 bits per heavy atom. The molecule has 1 saturated heterocycles. The second kappa shape index (κ2) is 4.53. The van der Waals surface area contributed by atoms with E-state index in [2.05, 4.69) is 10.2 Å². The Balaban J connectivity index is 1.95. The predicted octanol–water partition coefficient (Wildman–Crippen LogP) is 0.702. The molecule has 1 amide bonds. The molecule has 0 aromatic carbocycles. The van der Waals surface area contributed by atoms with Crippen molar-refractivity contribution in [2.75, 3.05) is 25.1 Å². The fourth-order valence-electron chi connectivity index (χ4n) is 2.04. The molecular formula is C10H18N2OS. The Morgan fingerprint density at radius 3 is 2.71 bits per heavy atom. The van der Waals surface area contributed by atoms with Crippen molar-refractivity contribution < 1.29 is 4.79 Å². The molecule has 1 heterocycles. The molecule has 0 aromatic heterocycles. The maximum Gasteiger partial charge on any atom is 0.237 e. The van der Waals surface area contributed by atoms with Gasteiger partial charge >= 0.3 is 0 Å². The number of hydrogen-bond donors (Lipinski definition) is 1. The van der Waals surface area contributed by atoms with Gasteiger partial charge in [0.25, 0.3) is 0 Å². The standard InChI is InChI=1S/C10H18N2OS/c1-11-6-10(13)12(8-2-3-8)9-4-5-14-7-9/h8-9,11H,2-7H2,1H3/t9-/m1/s1. The maximum absolute atomic E-state index is 11.9. The molecule has 1 N–H and O–H groups in total. The molecule has 14 heavy (non-hydrogen) atoms. The minimum atomic E-state index is 0.294. The van der Waals surface area contributed by atoms with Gasteiger partial charge < -0.3 is 10.2 Å². The van der Waals surface area contributed by atoms with E-state index in [9.17, 15) is 4.79 Å². The molecule has 0 radical (unpaired) electrons. The minimum Gasteiger partial charge on any atom is -0.335 e. The van der Waals surface area contributed by atoms with Crippen LogP contribution in [0.3, 0.4) is 0 Å². The predicted molar refractivity (Wildman–Crippen MR) is 59.5 cm³/mol. The summed E-state index contributed by atoms with van der Waals surface area (Å²) in [7, 11) is 1.84. The number of nitrogens with one attached hydrogen (secondary N) is 1. The molecule has 4 heteroatoms. The van der Waals surface area contributed by atoms with Gasteiger partial charge in [0, 0.05) is 17.8 Å². The number of likely N-dealkylation sites (N-methyl/N-ethyl adjacent to an activating group) is 1. The molecular weight excluding hydrogens is 196 g/mol. The van der Waals surface area contributed by atoms with Crippen LogP contribution in [0.15, 0.2) is 0 Å². The van der Waals surface area contributed by atoms with Crippen molar-refractivity contribution in [3.63, 3.8) is 0 Å². The average Bonchev–Trinajstić information content (AvgIpc) is 2.82. The monoisotopic (exact) mass is 214 g/mol. The molecule has 3 nitrogen and oxygen atoms in total. The first kappa shape index (κ1) is 10.3. The van der Waals surface area contributed by atoms with Gasteiger partial charge in [0.15, 0.2) is 0 Å². The smallest absolute Gasteiger partial charge is 0.237 e. The lowest BCUT2D eigenvalue weighted by molar-refractivity contribution is -0.132. The summed E-state index contributed by atoms with van der Waals surface area (Å²) < 4.78 is 0. The van der Waals surface area contributed by atoms with E-state index < -0.39 is 0 Å². The van der Waals surface area contributed by atoms with Crippen LogP contribution in [0.5, 0.6) is 0 Å². The molecule has 2 fully saturated rings. The second-order valence-corrected chi connectivity index (χ2v) is 5.23. The van der Waals surface area contributed by atoms with Crippen molar-refractivity contribution >= 4 is 17.7 Å². The number of amides is 1. The molecule has 0 unspecified atom stereocenters. The van der Waals surface area contributed by atoms with Gasteiger partial charge in [0.2, 0.25) is 5.91 Å². The van der Waals surface area contributed by atoms with Crippen molar-refractivity contribution in [3.05, 3.63) is 0 Å². The number of carbonyl (C=O) groups excluding carboxylic acids is 1. The van der Waals surface area contributed by atoms with Crippen molar-refractivity contribution in [2.24, 2.45) is 0 Å². The van der Waals surface area contributed by atoms with Gasteiger partial charge in [-0.2, -0.15) is 11.8 Å². The van der Waals surface area contributed by atoms with E-state index in [1.807, 2.05) is 18.8 Å². The summed E-state index contributed by atoms with van der Waals surface area (Å²) in [5, 5.41) is 2.96. The topological polar surface area (TPSA) is 32.3 Å². The fourth-order valence-corrected chi connectivity index (χ4v) is 3.25. The third-order valence-corrected chi connectivity index (χ3v) is 4.00. The van der Waals surface area contributed by atoms with Crippen LogP contribution in [-0.4, -0.2) is 48.0 Å². The summed E-state index contributed by atoms with van der Waals surface area (Å²) in [6.45, 7) is 0.498. The average molecular weight is 214 g/mol. The van der Waals surface area contributed by atoms with E-state index in [1.165, 1.54) is 25.0 Å². The quantitative estimate of drug-likeness (QED) is 0.748. The highest BCUT2D eigenvalue weighted by atomic mass is 32.2. The largest absolute Gasteiger partial charge is 0.335 e. The van der Waals surface area contributed by atoms with E-state index >= 15 is 0 Å². The first-order chi connectivity index (χ1) is 6.83. The first-order valence-electron chi connectivity index (χ1n) is 5.36. The van der Waals surface area contributed by atoms with Crippen LogP contribution in [0, 0.1) is 0 Å². The van der Waals surface area contributed by atoms with Gasteiger partial charge in [-0.3, -0.25) is 4.79 Å². The Morgan fingerprint density at radius 2 is 2.21 bits per heavy atom. The third-order valence-electron chi connectivity index (χ3n) is 2.86. The molecule has 1 aliphatic heterocycles. The highest BCUT2D eigenvalue weighted by molar-refractivity contribution is 7.99. The molecule has 1 saturated carbocycles. The van der Waals surface area contributed by atoms with Gasteiger partial charge in [0.05, 0.1) is 6.54 Å². The summed E-state index contributed by atoms with van der Waals surface area (Å²) in [6, 6.07) is 1.09.